The van der Waals surface area contributed by atoms with Gasteiger partial charge in [-0.2, -0.15) is 0 Å². The van der Waals surface area contributed by atoms with Crippen LogP contribution in [0.2, 0.25) is 0 Å². The predicted molar refractivity (Wildman–Crippen MR) is 69.7 cm³/mol. The maximum atomic E-state index is 12.0. The van der Waals surface area contributed by atoms with Crippen molar-refractivity contribution in [2.75, 3.05) is 18.4 Å². The highest BCUT2D eigenvalue weighted by molar-refractivity contribution is 7.12. The zero-order valence-corrected chi connectivity index (χ0v) is 10.4. The van der Waals surface area contributed by atoms with Crippen LogP contribution in [0.3, 0.4) is 0 Å². The molecule has 3 rings (SSSR count). The largest absolute Gasteiger partial charge is 0.348 e. The van der Waals surface area contributed by atoms with Crippen LogP contribution in [-0.4, -0.2) is 39.9 Å². The third kappa shape index (κ3) is 2.19. The number of hydrogen-bond acceptors (Lipinski definition) is 5. The van der Waals surface area contributed by atoms with Crippen molar-refractivity contribution in [3.63, 3.8) is 0 Å². The fraction of sp³-hybridized carbons (Fsp3) is 0.250. The number of aromatic nitrogens is 2. The van der Waals surface area contributed by atoms with E-state index in [1.54, 1.807) is 18.5 Å². The van der Waals surface area contributed by atoms with Crippen LogP contribution in [0, 0.1) is 0 Å². The van der Waals surface area contributed by atoms with Crippen molar-refractivity contribution < 1.29 is 4.79 Å². The normalized spacial score (nSPS) is 15.2. The summed E-state index contributed by atoms with van der Waals surface area (Å²) in [5, 5.41) is 5.11. The molecule has 6 heteroatoms. The third-order valence-corrected chi connectivity index (χ3v) is 3.66. The smallest absolute Gasteiger partial charge is 0.264 e. The molecule has 3 heterocycles. The molecule has 1 amide bonds. The van der Waals surface area contributed by atoms with Gasteiger partial charge in [-0.15, -0.1) is 11.3 Å². The summed E-state index contributed by atoms with van der Waals surface area (Å²) in [4.78, 5) is 22.8. The maximum absolute atomic E-state index is 12.0. The van der Waals surface area contributed by atoms with Crippen LogP contribution in [0.25, 0.3) is 0 Å². The Bertz CT molecular complexity index is 522. The van der Waals surface area contributed by atoms with Crippen LogP contribution in [0.1, 0.15) is 9.67 Å². The van der Waals surface area contributed by atoms with Crippen LogP contribution in [0.5, 0.6) is 0 Å². The van der Waals surface area contributed by atoms with Crippen molar-refractivity contribution in [3.8, 4) is 0 Å². The van der Waals surface area contributed by atoms with E-state index in [4.69, 9.17) is 0 Å². The van der Waals surface area contributed by atoms with Crippen molar-refractivity contribution in [1.82, 2.24) is 14.9 Å². The van der Waals surface area contributed by atoms with Gasteiger partial charge < -0.3 is 10.2 Å². The van der Waals surface area contributed by atoms with Gasteiger partial charge in [0.15, 0.2) is 0 Å². The Balaban J connectivity index is 1.53. The van der Waals surface area contributed by atoms with Gasteiger partial charge in [-0.3, -0.25) is 4.79 Å². The molecule has 1 aliphatic rings. The van der Waals surface area contributed by atoms with Gasteiger partial charge in [0, 0.05) is 25.5 Å². The molecule has 0 aliphatic carbocycles. The molecule has 0 saturated carbocycles. The van der Waals surface area contributed by atoms with E-state index in [0.717, 1.165) is 4.88 Å². The summed E-state index contributed by atoms with van der Waals surface area (Å²) in [7, 11) is 0. The van der Waals surface area contributed by atoms with E-state index in [1.807, 2.05) is 22.4 Å². The lowest BCUT2D eigenvalue weighted by molar-refractivity contribution is 0.0629. The van der Waals surface area contributed by atoms with Gasteiger partial charge in [-0.05, 0) is 17.5 Å². The molecule has 0 bridgehead atoms. The minimum absolute atomic E-state index is 0.108. The summed E-state index contributed by atoms with van der Waals surface area (Å²) < 4.78 is 0. The number of nitrogens with zero attached hydrogens (tertiary/aromatic N) is 3. The number of hydrogen-bond donors (Lipinski definition) is 1. The SMILES string of the molecule is O=C(c1cccs1)N1CC(Nc2ncccn2)C1. The summed E-state index contributed by atoms with van der Waals surface area (Å²) in [6.45, 7) is 1.41. The van der Waals surface area contributed by atoms with Gasteiger partial charge in [-0.25, -0.2) is 9.97 Å². The van der Waals surface area contributed by atoms with Crippen LogP contribution in [-0.2, 0) is 0 Å². The molecule has 0 spiro atoms. The Morgan fingerprint density at radius 2 is 2.11 bits per heavy atom. The highest BCUT2D eigenvalue weighted by atomic mass is 32.1. The Hall–Kier alpha value is -1.95. The van der Waals surface area contributed by atoms with Crippen molar-refractivity contribution in [2.45, 2.75) is 6.04 Å². The molecule has 1 aliphatic heterocycles. The fourth-order valence-corrected chi connectivity index (χ4v) is 2.54. The van der Waals surface area contributed by atoms with Crippen LogP contribution >= 0.6 is 11.3 Å². The summed E-state index contributed by atoms with van der Waals surface area (Å²) in [6, 6.07) is 5.77. The lowest BCUT2D eigenvalue weighted by Crippen LogP contribution is -2.57. The lowest BCUT2D eigenvalue weighted by atomic mass is 10.1. The highest BCUT2D eigenvalue weighted by Gasteiger charge is 2.31. The Morgan fingerprint density at radius 3 is 2.78 bits per heavy atom. The zero-order chi connectivity index (χ0) is 12.4. The molecule has 2 aromatic heterocycles. The van der Waals surface area contributed by atoms with E-state index in [-0.39, 0.29) is 11.9 Å². The van der Waals surface area contributed by atoms with Crippen molar-refractivity contribution in [2.24, 2.45) is 0 Å². The number of rotatable bonds is 3. The Labute approximate surface area is 108 Å². The number of anilines is 1. The van der Waals surface area contributed by atoms with Crippen LogP contribution in [0.4, 0.5) is 5.95 Å². The summed E-state index contributed by atoms with van der Waals surface area (Å²) in [6.07, 6.45) is 3.39. The van der Waals surface area contributed by atoms with Crippen molar-refractivity contribution in [3.05, 3.63) is 40.8 Å². The Kier molecular flexibility index (Phi) is 2.93. The van der Waals surface area contributed by atoms with Crippen LogP contribution < -0.4 is 5.32 Å². The molecular formula is C12H12N4OS. The molecule has 1 saturated heterocycles. The second kappa shape index (κ2) is 4.73. The van der Waals surface area contributed by atoms with E-state index < -0.39 is 0 Å². The molecule has 2 aromatic rings. The second-order valence-corrected chi connectivity index (χ2v) is 5.05. The zero-order valence-electron chi connectivity index (χ0n) is 9.61. The van der Waals surface area contributed by atoms with Gasteiger partial charge in [-0.1, -0.05) is 6.07 Å². The quantitative estimate of drug-likeness (QED) is 0.908. The number of carbonyl (C=O) groups excluding carboxylic acids is 1. The predicted octanol–water partition coefficient (Wildman–Crippen LogP) is 1.47. The van der Waals surface area contributed by atoms with E-state index in [2.05, 4.69) is 15.3 Å². The first-order chi connectivity index (χ1) is 8.83. The number of likely N-dealkylation sites (tertiary alicyclic amines) is 1. The van der Waals surface area contributed by atoms with E-state index in [0.29, 0.717) is 19.0 Å². The van der Waals surface area contributed by atoms with Gasteiger partial charge in [0.25, 0.3) is 5.91 Å². The molecule has 92 valence electrons. The summed E-state index contributed by atoms with van der Waals surface area (Å²) in [5.41, 5.74) is 0. The molecule has 18 heavy (non-hydrogen) atoms. The summed E-state index contributed by atoms with van der Waals surface area (Å²) >= 11 is 1.48. The number of thiophene rings is 1. The standard InChI is InChI=1S/C12H12N4OS/c17-11(10-3-1-6-18-10)16-7-9(8-16)15-12-13-4-2-5-14-12/h1-6,9H,7-8H2,(H,13,14,15). The number of amides is 1. The molecule has 0 unspecified atom stereocenters. The van der Waals surface area contributed by atoms with E-state index in [1.165, 1.54) is 11.3 Å². The molecular weight excluding hydrogens is 248 g/mol. The van der Waals surface area contributed by atoms with Gasteiger partial charge >= 0.3 is 0 Å². The topological polar surface area (TPSA) is 58.1 Å². The first-order valence-corrected chi connectivity index (χ1v) is 6.57. The molecule has 0 radical (unpaired) electrons. The molecule has 0 atom stereocenters. The first-order valence-electron chi connectivity index (χ1n) is 5.69. The van der Waals surface area contributed by atoms with Gasteiger partial charge in [0.2, 0.25) is 5.95 Å². The lowest BCUT2D eigenvalue weighted by Gasteiger charge is -2.39. The number of nitrogens with one attached hydrogen (secondary N) is 1. The fourth-order valence-electron chi connectivity index (χ4n) is 1.85. The molecule has 1 fully saturated rings. The molecule has 0 aromatic carbocycles. The van der Waals surface area contributed by atoms with Gasteiger partial charge in [0.1, 0.15) is 0 Å². The maximum Gasteiger partial charge on any atom is 0.264 e. The minimum atomic E-state index is 0.108. The Morgan fingerprint density at radius 1 is 1.33 bits per heavy atom. The van der Waals surface area contributed by atoms with E-state index >= 15 is 0 Å². The average Bonchev–Trinajstić information content (AvgIpc) is 2.87. The molecule has 1 N–H and O–H groups in total. The third-order valence-electron chi connectivity index (χ3n) is 2.80. The van der Waals surface area contributed by atoms with Crippen molar-refractivity contribution in [1.29, 1.82) is 0 Å². The average molecular weight is 260 g/mol. The monoisotopic (exact) mass is 260 g/mol. The molecule has 5 nitrogen and oxygen atoms in total. The van der Waals surface area contributed by atoms with Crippen molar-refractivity contribution >= 4 is 23.2 Å². The number of carbonyl (C=O) groups is 1. The second-order valence-electron chi connectivity index (χ2n) is 4.10. The van der Waals surface area contributed by atoms with Gasteiger partial charge in [0.05, 0.1) is 10.9 Å². The first kappa shape index (κ1) is 11.2. The van der Waals surface area contributed by atoms with Crippen LogP contribution in [0.15, 0.2) is 36.0 Å². The van der Waals surface area contributed by atoms with E-state index in [9.17, 15) is 4.79 Å². The highest BCUT2D eigenvalue weighted by Crippen LogP contribution is 2.18. The summed E-state index contributed by atoms with van der Waals surface area (Å²) in [5.74, 6) is 0.725. The minimum Gasteiger partial charge on any atom is -0.348 e.